The second kappa shape index (κ2) is 19.8. The number of para-hydroxylation sites is 2. The van der Waals surface area contributed by atoms with Crippen LogP contribution in [0.4, 0.5) is 34.1 Å². The van der Waals surface area contributed by atoms with Gasteiger partial charge in [-0.05, 0) is 96.1 Å². The first-order valence-corrected chi connectivity index (χ1v) is 22.8. The summed E-state index contributed by atoms with van der Waals surface area (Å²) in [5.74, 6) is -0.743. The molecule has 0 aliphatic heterocycles. The molecular weight excluding hydrogens is 920 g/mol. The molecule has 0 saturated heterocycles. The number of amides is 1. The number of aromatic nitrogens is 2. The van der Waals surface area contributed by atoms with Crippen molar-refractivity contribution in [2.45, 2.75) is 6.92 Å². The lowest BCUT2D eigenvalue weighted by molar-refractivity contribution is 0.102. The maximum atomic E-state index is 13.4. The summed E-state index contributed by atoms with van der Waals surface area (Å²) in [6.07, 6.45) is 1.97. The molecule has 1 heterocycles. The average molecular weight is 960 g/mol. The van der Waals surface area contributed by atoms with Crippen molar-refractivity contribution in [3.8, 4) is 45.3 Å². The van der Waals surface area contributed by atoms with Crippen LogP contribution < -0.4 is 15.4 Å². The SMILES string of the molecule is Cc1ccc(-c2nn(-c3ccc(N=Nc4c(O)c(OCNc5ccccc5Cl)cc5ccccc45)cc3)cc2-c2ccc(N=Nc3c(O)c(C(=O)Nc4ccccc4Cl)cc4ccccc34)cc2)cc1. The van der Waals surface area contributed by atoms with Crippen LogP contribution in [0.2, 0.25) is 10.0 Å². The zero-order valence-corrected chi connectivity index (χ0v) is 38.8. The standard InChI is InChI=1S/C56H40Cl2N8O4/c1-34-18-20-36(21-19-34)51-45(35-22-24-39(25-23-35)61-63-52-42-12-4-2-10-37(42)30-44(54(52)67)56(69)60-49-17-9-7-15-47(49)58)32-66(65-51)41-28-26-40(27-29-41)62-64-53-43-13-5-3-11-38(43)31-50(55(53)68)70-33-59-48-16-8-6-14-46(48)57/h2-32,59,67-68H,33H2,1H3,(H,60,69). The van der Waals surface area contributed by atoms with Crippen LogP contribution in [0.3, 0.4) is 0 Å². The molecule has 10 aromatic rings. The Kier molecular flexibility index (Phi) is 12.7. The molecule has 0 saturated carbocycles. The molecule has 0 spiro atoms. The van der Waals surface area contributed by atoms with Crippen molar-refractivity contribution in [2.24, 2.45) is 20.5 Å². The number of benzene rings is 9. The van der Waals surface area contributed by atoms with Crippen LogP contribution in [-0.2, 0) is 0 Å². The number of aryl methyl sites for hydroxylation is 1. The summed E-state index contributed by atoms with van der Waals surface area (Å²) >= 11 is 12.6. The lowest BCUT2D eigenvalue weighted by Gasteiger charge is -2.13. The molecule has 0 atom stereocenters. The molecule has 12 nitrogen and oxygen atoms in total. The first kappa shape index (κ1) is 45.0. The molecule has 1 amide bonds. The number of aromatic hydroxyl groups is 2. The van der Waals surface area contributed by atoms with Crippen molar-refractivity contribution >= 4 is 84.8 Å². The Labute approximate surface area is 411 Å². The van der Waals surface area contributed by atoms with Crippen molar-refractivity contribution in [1.29, 1.82) is 0 Å². The quantitative estimate of drug-likeness (QED) is 0.0665. The topological polar surface area (TPSA) is 158 Å². The Morgan fingerprint density at radius 1 is 0.614 bits per heavy atom. The number of phenolic OH excluding ortho intramolecular Hbond substituents is 2. The predicted octanol–water partition coefficient (Wildman–Crippen LogP) is 16.1. The first-order chi connectivity index (χ1) is 34.2. The van der Waals surface area contributed by atoms with Gasteiger partial charge in [-0.25, -0.2) is 4.68 Å². The van der Waals surface area contributed by atoms with Gasteiger partial charge in [0.25, 0.3) is 5.91 Å². The minimum absolute atomic E-state index is 0.0312. The fraction of sp³-hybridized carbons (Fsp3) is 0.0357. The fourth-order valence-corrected chi connectivity index (χ4v) is 8.27. The van der Waals surface area contributed by atoms with Gasteiger partial charge in [0.05, 0.1) is 44.0 Å². The number of ether oxygens (including phenoxy) is 1. The van der Waals surface area contributed by atoms with E-state index in [1.807, 2.05) is 145 Å². The van der Waals surface area contributed by atoms with Crippen LogP contribution in [0.1, 0.15) is 15.9 Å². The van der Waals surface area contributed by atoms with E-state index in [1.54, 1.807) is 42.5 Å². The molecule has 0 unspecified atom stereocenters. The highest BCUT2D eigenvalue weighted by molar-refractivity contribution is 6.34. The maximum Gasteiger partial charge on any atom is 0.259 e. The van der Waals surface area contributed by atoms with E-state index >= 15 is 0 Å². The van der Waals surface area contributed by atoms with Gasteiger partial charge in [0.15, 0.2) is 24.0 Å². The highest BCUT2D eigenvalue weighted by Gasteiger charge is 2.20. The van der Waals surface area contributed by atoms with Crippen LogP contribution in [0.5, 0.6) is 17.2 Å². The smallest absolute Gasteiger partial charge is 0.259 e. The number of carbonyl (C=O) groups excluding carboxylic acids is 1. The van der Waals surface area contributed by atoms with Gasteiger partial charge < -0.3 is 25.6 Å². The second-order valence-electron chi connectivity index (χ2n) is 16.2. The molecule has 14 heteroatoms. The Bertz CT molecular complexity index is 3630. The van der Waals surface area contributed by atoms with Crippen LogP contribution in [0.15, 0.2) is 209 Å². The number of nitrogens with one attached hydrogen (secondary N) is 2. The summed E-state index contributed by atoms with van der Waals surface area (Å²) in [5, 5.41) is 55.6. The van der Waals surface area contributed by atoms with Gasteiger partial charge in [-0.15, -0.1) is 10.2 Å². The van der Waals surface area contributed by atoms with Crippen LogP contribution in [-0.4, -0.2) is 32.6 Å². The van der Waals surface area contributed by atoms with Gasteiger partial charge >= 0.3 is 0 Å². The average Bonchev–Trinajstić information content (AvgIpc) is 3.83. The molecule has 1 aromatic heterocycles. The van der Waals surface area contributed by atoms with E-state index in [4.69, 9.17) is 33.0 Å². The number of azo groups is 2. The minimum Gasteiger partial charge on any atom is -0.505 e. The van der Waals surface area contributed by atoms with Crippen molar-refractivity contribution in [2.75, 3.05) is 17.4 Å². The maximum absolute atomic E-state index is 13.4. The third-order valence-electron chi connectivity index (χ3n) is 11.5. The normalized spacial score (nSPS) is 11.5. The largest absolute Gasteiger partial charge is 0.505 e. The molecule has 10 rings (SSSR count). The van der Waals surface area contributed by atoms with E-state index in [0.717, 1.165) is 39.0 Å². The summed E-state index contributed by atoms with van der Waals surface area (Å²) < 4.78 is 7.78. The number of hydrogen-bond acceptors (Lipinski definition) is 10. The Balaban J connectivity index is 0.910. The molecule has 342 valence electrons. The number of halogens is 2. The number of fused-ring (bicyclic) bond motifs is 2. The lowest BCUT2D eigenvalue weighted by atomic mass is 10.0. The van der Waals surface area contributed by atoms with Crippen molar-refractivity contribution in [3.63, 3.8) is 0 Å². The number of carbonyl (C=O) groups is 1. The summed E-state index contributed by atoms with van der Waals surface area (Å²) in [4.78, 5) is 13.4. The van der Waals surface area contributed by atoms with E-state index < -0.39 is 5.91 Å². The van der Waals surface area contributed by atoms with Crippen molar-refractivity contribution < 1.29 is 19.7 Å². The summed E-state index contributed by atoms with van der Waals surface area (Å²) in [5.41, 5.74) is 8.05. The number of phenols is 2. The third kappa shape index (κ3) is 9.50. The Hall–Kier alpha value is -8.84. The predicted molar refractivity (Wildman–Crippen MR) is 279 cm³/mol. The summed E-state index contributed by atoms with van der Waals surface area (Å²) in [7, 11) is 0. The summed E-state index contributed by atoms with van der Waals surface area (Å²) in [6.45, 7) is 2.10. The van der Waals surface area contributed by atoms with E-state index in [9.17, 15) is 15.0 Å². The Morgan fingerprint density at radius 2 is 1.16 bits per heavy atom. The van der Waals surface area contributed by atoms with Gasteiger partial charge in [-0.2, -0.15) is 15.3 Å². The number of nitrogens with zero attached hydrogens (tertiary/aromatic N) is 6. The lowest BCUT2D eigenvalue weighted by Crippen LogP contribution is -2.12. The van der Waals surface area contributed by atoms with Gasteiger partial charge in [0.1, 0.15) is 17.1 Å². The van der Waals surface area contributed by atoms with Gasteiger partial charge in [0, 0.05) is 28.1 Å². The van der Waals surface area contributed by atoms with Crippen LogP contribution in [0, 0.1) is 6.92 Å². The van der Waals surface area contributed by atoms with Gasteiger partial charge in [-0.3, -0.25) is 4.79 Å². The van der Waals surface area contributed by atoms with Crippen molar-refractivity contribution in [3.05, 3.63) is 209 Å². The number of hydrogen-bond donors (Lipinski definition) is 4. The number of rotatable bonds is 13. The highest BCUT2D eigenvalue weighted by Crippen LogP contribution is 2.44. The molecular formula is C56H40Cl2N8O4. The molecule has 0 aliphatic carbocycles. The molecule has 0 radical (unpaired) electrons. The van der Waals surface area contributed by atoms with Crippen molar-refractivity contribution in [1.82, 2.24) is 9.78 Å². The zero-order chi connectivity index (χ0) is 48.1. The summed E-state index contributed by atoms with van der Waals surface area (Å²) in [6, 6.07) is 55.7. The molecule has 4 N–H and O–H groups in total. The first-order valence-electron chi connectivity index (χ1n) is 22.0. The fourth-order valence-electron chi connectivity index (χ4n) is 7.88. The van der Waals surface area contributed by atoms with E-state index in [-0.39, 0.29) is 40.9 Å². The van der Waals surface area contributed by atoms with E-state index in [2.05, 4.69) is 43.2 Å². The van der Waals surface area contributed by atoms with E-state index in [0.29, 0.717) is 49.0 Å². The van der Waals surface area contributed by atoms with Gasteiger partial charge in [-0.1, -0.05) is 138 Å². The molecule has 0 bridgehead atoms. The monoisotopic (exact) mass is 958 g/mol. The Morgan fingerprint density at radius 3 is 1.80 bits per heavy atom. The van der Waals surface area contributed by atoms with Gasteiger partial charge in [0.2, 0.25) is 0 Å². The molecule has 0 aliphatic rings. The molecule has 70 heavy (non-hydrogen) atoms. The molecule has 9 aromatic carbocycles. The van der Waals surface area contributed by atoms with Crippen LogP contribution in [0.25, 0.3) is 49.6 Å². The highest BCUT2D eigenvalue weighted by atomic mass is 35.5. The van der Waals surface area contributed by atoms with Crippen LogP contribution >= 0.6 is 23.2 Å². The zero-order valence-electron chi connectivity index (χ0n) is 37.3. The van der Waals surface area contributed by atoms with E-state index in [1.165, 1.54) is 0 Å². The third-order valence-corrected chi connectivity index (χ3v) is 12.2. The minimum atomic E-state index is -0.540. The second-order valence-corrected chi connectivity index (χ2v) is 17.0. The number of anilines is 2. The molecule has 0 fully saturated rings.